The van der Waals surface area contributed by atoms with Crippen molar-refractivity contribution < 1.29 is 14.6 Å². The minimum atomic E-state index is -0.919. The average Bonchev–Trinajstić information content (AvgIpc) is 3.04. The summed E-state index contributed by atoms with van der Waals surface area (Å²) in [6.07, 6.45) is 9.01. The molecule has 2 unspecified atom stereocenters. The van der Waals surface area contributed by atoms with Crippen LogP contribution in [0.1, 0.15) is 43.9 Å². The second-order valence-electron chi connectivity index (χ2n) is 11.1. The van der Waals surface area contributed by atoms with Gasteiger partial charge in [0.1, 0.15) is 17.7 Å². The van der Waals surface area contributed by atoms with Crippen LogP contribution in [0.4, 0.5) is 11.6 Å². The first-order valence-electron chi connectivity index (χ1n) is 15.1. The van der Waals surface area contributed by atoms with Crippen molar-refractivity contribution in [1.82, 2.24) is 24.8 Å². The molecule has 1 aliphatic heterocycles. The normalized spacial score (nSPS) is 14.2. The van der Waals surface area contributed by atoms with Gasteiger partial charge >= 0.3 is 5.97 Å². The number of ether oxygens (including phenoxy) is 1. The van der Waals surface area contributed by atoms with Crippen molar-refractivity contribution in [2.75, 3.05) is 43.9 Å². The number of carboxylic acids is 1. The third-order valence-corrected chi connectivity index (χ3v) is 7.89. The highest BCUT2D eigenvalue weighted by molar-refractivity contribution is 5.92. The standard InChI is InChI=1S/C33H41N7O3/c1-23(43-2)22-40(19-6-5-11-26-15-14-24-9-8-18-35-30(24)36-26)20-16-29(33(41)42)38-32-27-12-3-4-13-28(27)37-31(39-32)25-10-7-17-34-21-25/h3-4,7,10,12-15,17,21,23,29H,5-6,8-9,11,16,18-20,22H2,1-2H3,(H,35,36)(H,41,42)(H,37,38,39). The van der Waals surface area contributed by atoms with Crippen molar-refractivity contribution in [3.8, 4) is 11.4 Å². The van der Waals surface area contributed by atoms with Crippen LogP contribution in [-0.4, -0.2) is 81.3 Å². The zero-order valence-electron chi connectivity index (χ0n) is 25.0. The maximum absolute atomic E-state index is 12.4. The van der Waals surface area contributed by atoms with Crippen molar-refractivity contribution in [2.24, 2.45) is 0 Å². The van der Waals surface area contributed by atoms with Crippen molar-refractivity contribution >= 4 is 28.5 Å². The lowest BCUT2D eigenvalue weighted by Crippen LogP contribution is -2.38. The molecule has 0 fully saturated rings. The maximum atomic E-state index is 12.4. The lowest BCUT2D eigenvalue weighted by molar-refractivity contribution is -0.138. The summed E-state index contributed by atoms with van der Waals surface area (Å²) in [4.78, 5) is 33.2. The van der Waals surface area contributed by atoms with E-state index in [2.05, 4.69) is 32.7 Å². The van der Waals surface area contributed by atoms with Gasteiger partial charge in [-0.15, -0.1) is 0 Å². The molecule has 4 heterocycles. The van der Waals surface area contributed by atoms with Crippen LogP contribution >= 0.6 is 0 Å². The van der Waals surface area contributed by atoms with Crippen LogP contribution in [0, 0.1) is 0 Å². The number of rotatable bonds is 15. The highest BCUT2D eigenvalue weighted by Crippen LogP contribution is 2.26. The Bertz CT molecular complexity index is 1500. The van der Waals surface area contributed by atoms with Gasteiger partial charge in [0.15, 0.2) is 5.82 Å². The highest BCUT2D eigenvalue weighted by Gasteiger charge is 2.22. The van der Waals surface area contributed by atoms with E-state index in [9.17, 15) is 9.90 Å². The van der Waals surface area contributed by atoms with Crippen molar-refractivity contribution in [1.29, 1.82) is 0 Å². The molecule has 5 rings (SSSR count). The van der Waals surface area contributed by atoms with E-state index >= 15 is 0 Å². The van der Waals surface area contributed by atoms with Crippen LogP contribution in [0.15, 0.2) is 60.9 Å². The molecule has 4 aromatic rings. The molecular formula is C33H41N7O3. The molecule has 43 heavy (non-hydrogen) atoms. The third-order valence-electron chi connectivity index (χ3n) is 7.89. The Morgan fingerprint density at radius 3 is 2.79 bits per heavy atom. The van der Waals surface area contributed by atoms with Gasteiger partial charge in [-0.2, -0.15) is 0 Å². The van der Waals surface area contributed by atoms with Gasteiger partial charge in [0.25, 0.3) is 0 Å². The first kappa shape index (κ1) is 30.3. The molecule has 10 nitrogen and oxygen atoms in total. The number of anilines is 2. The largest absolute Gasteiger partial charge is 0.480 e. The predicted octanol–water partition coefficient (Wildman–Crippen LogP) is 5.06. The van der Waals surface area contributed by atoms with Gasteiger partial charge in [0.05, 0.1) is 11.6 Å². The molecule has 10 heteroatoms. The smallest absolute Gasteiger partial charge is 0.326 e. The Labute approximate surface area is 253 Å². The molecule has 3 aromatic heterocycles. The van der Waals surface area contributed by atoms with Gasteiger partial charge in [0, 0.05) is 55.8 Å². The molecule has 3 N–H and O–H groups in total. The summed E-state index contributed by atoms with van der Waals surface area (Å²) in [5.41, 5.74) is 3.93. The number of nitrogens with one attached hydrogen (secondary N) is 2. The molecule has 2 atom stereocenters. The quantitative estimate of drug-likeness (QED) is 0.164. The summed E-state index contributed by atoms with van der Waals surface area (Å²) in [6, 6.07) is 14.9. The van der Waals surface area contributed by atoms with Gasteiger partial charge in [-0.1, -0.05) is 18.2 Å². The topological polar surface area (TPSA) is 125 Å². The first-order chi connectivity index (χ1) is 21.0. The number of hydrogen-bond acceptors (Lipinski definition) is 9. The summed E-state index contributed by atoms with van der Waals surface area (Å²) in [6.45, 7) is 5.21. The number of methoxy groups -OCH3 is 1. The maximum Gasteiger partial charge on any atom is 0.326 e. The summed E-state index contributed by atoms with van der Waals surface area (Å²) in [5.74, 6) is 1.12. The van der Waals surface area contributed by atoms with Gasteiger partial charge in [0.2, 0.25) is 0 Å². The van der Waals surface area contributed by atoms with Crippen molar-refractivity contribution in [3.63, 3.8) is 0 Å². The molecular weight excluding hydrogens is 542 g/mol. The number of aliphatic carboxylic acids is 1. The summed E-state index contributed by atoms with van der Waals surface area (Å²) < 4.78 is 5.55. The van der Waals surface area contributed by atoms with E-state index < -0.39 is 12.0 Å². The molecule has 1 aromatic carbocycles. The Morgan fingerprint density at radius 2 is 1.98 bits per heavy atom. The number of unbranched alkanes of at least 4 members (excludes halogenated alkanes) is 1. The van der Waals surface area contributed by atoms with E-state index in [1.54, 1.807) is 19.5 Å². The number of nitrogens with zero attached hydrogens (tertiary/aromatic N) is 5. The monoisotopic (exact) mass is 583 g/mol. The number of para-hydroxylation sites is 1. The van der Waals surface area contributed by atoms with E-state index in [1.165, 1.54) is 5.56 Å². The minimum Gasteiger partial charge on any atom is -0.480 e. The SMILES string of the molecule is COC(C)CN(CCCCc1ccc2c(n1)NCCC2)CCC(Nc1nc(-c2cccnc2)nc2ccccc12)C(=O)O. The third kappa shape index (κ3) is 8.24. The molecule has 0 spiro atoms. The Morgan fingerprint density at radius 1 is 1.09 bits per heavy atom. The highest BCUT2D eigenvalue weighted by atomic mass is 16.5. The minimum absolute atomic E-state index is 0.0393. The van der Waals surface area contributed by atoms with E-state index in [0.29, 0.717) is 24.6 Å². The van der Waals surface area contributed by atoms with Crippen LogP contribution in [-0.2, 0) is 22.4 Å². The fraction of sp³-hybridized carbons (Fsp3) is 0.424. The Hall–Kier alpha value is -4.15. The van der Waals surface area contributed by atoms with E-state index in [0.717, 1.165) is 79.7 Å². The fourth-order valence-electron chi connectivity index (χ4n) is 5.43. The fourth-order valence-corrected chi connectivity index (χ4v) is 5.43. The van der Waals surface area contributed by atoms with Crippen LogP contribution in [0.5, 0.6) is 0 Å². The molecule has 0 radical (unpaired) electrons. The summed E-state index contributed by atoms with van der Waals surface area (Å²) >= 11 is 0. The Kier molecular flexibility index (Phi) is 10.5. The van der Waals surface area contributed by atoms with Crippen molar-refractivity contribution in [3.05, 3.63) is 72.2 Å². The van der Waals surface area contributed by atoms with Crippen LogP contribution in [0.3, 0.4) is 0 Å². The summed E-state index contributed by atoms with van der Waals surface area (Å²) in [7, 11) is 1.71. The van der Waals surface area contributed by atoms with Crippen LogP contribution in [0.2, 0.25) is 0 Å². The molecule has 0 bridgehead atoms. The van der Waals surface area contributed by atoms with E-state index in [4.69, 9.17) is 19.7 Å². The molecule has 0 saturated carbocycles. The number of fused-ring (bicyclic) bond motifs is 2. The predicted molar refractivity (Wildman–Crippen MR) is 169 cm³/mol. The van der Waals surface area contributed by atoms with Crippen molar-refractivity contribution in [2.45, 2.75) is 57.6 Å². The van der Waals surface area contributed by atoms with Gasteiger partial charge in [-0.05, 0) is 87.9 Å². The number of aryl methyl sites for hydroxylation is 2. The lowest BCUT2D eigenvalue weighted by Gasteiger charge is -2.27. The second kappa shape index (κ2) is 14.8. The number of carbonyl (C=O) groups is 1. The van der Waals surface area contributed by atoms with E-state index in [1.807, 2.05) is 43.3 Å². The van der Waals surface area contributed by atoms with E-state index in [-0.39, 0.29) is 6.10 Å². The molecule has 1 aliphatic rings. The number of carboxylic acid groups (broad SMARTS) is 1. The molecule has 0 amide bonds. The Balaban J connectivity index is 1.23. The molecule has 0 aliphatic carbocycles. The molecule has 226 valence electrons. The second-order valence-corrected chi connectivity index (χ2v) is 11.1. The number of hydrogen-bond donors (Lipinski definition) is 3. The first-order valence-corrected chi connectivity index (χ1v) is 15.1. The van der Waals surface area contributed by atoms with Crippen LogP contribution in [0.25, 0.3) is 22.3 Å². The number of aromatic nitrogens is 4. The van der Waals surface area contributed by atoms with Gasteiger partial charge in [-0.3, -0.25) is 4.98 Å². The lowest BCUT2D eigenvalue weighted by atomic mass is 10.1. The average molecular weight is 584 g/mol. The zero-order valence-corrected chi connectivity index (χ0v) is 25.0. The zero-order chi connectivity index (χ0) is 30.0. The number of pyridine rings is 2. The summed E-state index contributed by atoms with van der Waals surface area (Å²) in [5, 5.41) is 17.6. The van der Waals surface area contributed by atoms with Crippen LogP contribution < -0.4 is 10.6 Å². The molecule has 0 saturated heterocycles. The van der Waals surface area contributed by atoms with Gasteiger partial charge in [-0.25, -0.2) is 19.7 Å². The number of benzene rings is 1. The van der Waals surface area contributed by atoms with Gasteiger partial charge < -0.3 is 25.4 Å².